The van der Waals surface area contributed by atoms with Crippen LogP contribution in [0.25, 0.3) is 0 Å². The lowest BCUT2D eigenvalue weighted by Crippen LogP contribution is -1.95. The van der Waals surface area contributed by atoms with Crippen molar-refractivity contribution in [2.45, 2.75) is 12.8 Å². The number of hydrogen-bond donors (Lipinski definition) is 1. The predicted octanol–water partition coefficient (Wildman–Crippen LogP) is 4.09. The van der Waals surface area contributed by atoms with Crippen LogP contribution in [0.3, 0.4) is 0 Å². The fraction of sp³-hybridized carbons (Fsp3) is 0.263. The van der Waals surface area contributed by atoms with Gasteiger partial charge in [-0.15, -0.1) is 10.2 Å². The van der Waals surface area contributed by atoms with Crippen molar-refractivity contribution in [2.24, 2.45) is 0 Å². The average Bonchev–Trinajstić information content (AvgIpc) is 3.13. The minimum absolute atomic E-state index is 0.733. The fourth-order valence-electron chi connectivity index (χ4n) is 2.52. The van der Waals surface area contributed by atoms with Gasteiger partial charge in [0.2, 0.25) is 5.13 Å². The third-order valence-corrected chi connectivity index (χ3v) is 4.76. The number of anilines is 2. The third-order valence-electron chi connectivity index (χ3n) is 3.86. The van der Waals surface area contributed by atoms with Crippen LogP contribution in [0.4, 0.5) is 10.8 Å². The molecule has 0 atom stereocenters. The Balaban J connectivity index is 1.61. The van der Waals surface area contributed by atoms with Crippen molar-refractivity contribution in [1.29, 1.82) is 0 Å². The van der Waals surface area contributed by atoms with Gasteiger partial charge in [-0.25, -0.2) is 0 Å². The summed E-state index contributed by atoms with van der Waals surface area (Å²) < 4.78 is 15.8. The van der Waals surface area contributed by atoms with E-state index in [1.54, 1.807) is 32.7 Å². The van der Waals surface area contributed by atoms with Gasteiger partial charge in [-0.3, -0.25) is 0 Å². The van der Waals surface area contributed by atoms with Crippen molar-refractivity contribution in [3.8, 4) is 17.2 Å². The molecule has 0 amide bonds. The van der Waals surface area contributed by atoms with E-state index in [0.717, 1.165) is 45.9 Å². The second-order valence-electron chi connectivity index (χ2n) is 5.55. The number of nitrogens with zero attached hydrogens (tertiary/aromatic N) is 2. The molecule has 0 spiro atoms. The first kappa shape index (κ1) is 18.0. The van der Waals surface area contributed by atoms with Crippen LogP contribution in [0.1, 0.15) is 10.6 Å². The highest BCUT2D eigenvalue weighted by molar-refractivity contribution is 7.15. The molecule has 0 radical (unpaired) electrons. The third kappa shape index (κ3) is 4.43. The summed E-state index contributed by atoms with van der Waals surface area (Å²) in [5.74, 6) is 2.27. The zero-order chi connectivity index (χ0) is 18.4. The lowest BCUT2D eigenvalue weighted by molar-refractivity contribution is 0.354. The molecule has 0 aliphatic carbocycles. The Bertz CT molecular complexity index is 867. The van der Waals surface area contributed by atoms with Gasteiger partial charge >= 0.3 is 0 Å². The maximum Gasteiger partial charge on any atom is 0.210 e. The summed E-state index contributed by atoms with van der Waals surface area (Å²) in [5, 5.41) is 13.5. The molecular formula is C19H21N3O3S. The standard InChI is InChI=1S/C19H21N3O3S/c1-23-15-6-4-5-14(12-15)20-19-22-21-18(26-19)10-8-13-7-9-16(24-2)17(11-13)25-3/h4-7,9,11-12H,8,10H2,1-3H3,(H,20,22). The second-order valence-corrected chi connectivity index (χ2v) is 6.61. The Morgan fingerprint density at radius 3 is 2.50 bits per heavy atom. The highest BCUT2D eigenvalue weighted by Crippen LogP contribution is 2.29. The molecule has 0 saturated carbocycles. The van der Waals surface area contributed by atoms with E-state index in [9.17, 15) is 0 Å². The van der Waals surface area contributed by atoms with E-state index in [2.05, 4.69) is 15.5 Å². The first-order chi connectivity index (χ1) is 12.7. The minimum Gasteiger partial charge on any atom is -0.497 e. The van der Waals surface area contributed by atoms with Gasteiger partial charge in [0.15, 0.2) is 11.5 Å². The van der Waals surface area contributed by atoms with E-state index >= 15 is 0 Å². The number of hydrogen-bond acceptors (Lipinski definition) is 7. The van der Waals surface area contributed by atoms with Crippen LogP contribution in [0.15, 0.2) is 42.5 Å². The van der Waals surface area contributed by atoms with Crippen molar-refractivity contribution in [2.75, 3.05) is 26.6 Å². The summed E-state index contributed by atoms with van der Waals surface area (Å²) >= 11 is 1.55. The molecule has 0 bridgehead atoms. The molecule has 1 aromatic heterocycles. The first-order valence-corrected chi connectivity index (χ1v) is 8.98. The van der Waals surface area contributed by atoms with E-state index in [1.807, 2.05) is 42.5 Å². The molecule has 0 fully saturated rings. The average molecular weight is 371 g/mol. The molecule has 1 N–H and O–H groups in total. The van der Waals surface area contributed by atoms with Gasteiger partial charge in [-0.05, 0) is 36.2 Å². The van der Waals surface area contributed by atoms with Gasteiger partial charge < -0.3 is 19.5 Å². The minimum atomic E-state index is 0.733. The van der Waals surface area contributed by atoms with Gasteiger partial charge in [-0.1, -0.05) is 23.5 Å². The van der Waals surface area contributed by atoms with Crippen LogP contribution < -0.4 is 19.5 Å². The van der Waals surface area contributed by atoms with Gasteiger partial charge in [-0.2, -0.15) is 0 Å². The number of ether oxygens (including phenoxy) is 3. The summed E-state index contributed by atoms with van der Waals surface area (Å²) in [4.78, 5) is 0. The maximum atomic E-state index is 5.35. The Hall–Kier alpha value is -2.80. The van der Waals surface area contributed by atoms with Crippen LogP contribution in [-0.2, 0) is 12.8 Å². The molecule has 0 saturated heterocycles. The number of aryl methyl sites for hydroxylation is 2. The van der Waals surface area contributed by atoms with Crippen LogP contribution in [-0.4, -0.2) is 31.5 Å². The molecule has 2 aromatic carbocycles. The first-order valence-electron chi connectivity index (χ1n) is 8.16. The number of rotatable bonds is 8. The van der Waals surface area contributed by atoms with E-state index in [1.165, 1.54) is 5.56 Å². The Morgan fingerprint density at radius 2 is 1.73 bits per heavy atom. The molecule has 136 valence electrons. The molecule has 7 heteroatoms. The zero-order valence-electron chi connectivity index (χ0n) is 15.0. The number of aromatic nitrogens is 2. The van der Waals surface area contributed by atoms with E-state index in [-0.39, 0.29) is 0 Å². The van der Waals surface area contributed by atoms with Crippen molar-refractivity contribution >= 4 is 22.2 Å². The molecular weight excluding hydrogens is 350 g/mol. The van der Waals surface area contributed by atoms with Crippen molar-refractivity contribution in [3.63, 3.8) is 0 Å². The SMILES string of the molecule is COc1cccc(Nc2nnc(CCc3ccc(OC)c(OC)c3)s2)c1. The summed E-state index contributed by atoms with van der Waals surface area (Å²) in [7, 11) is 4.93. The molecule has 3 rings (SSSR count). The van der Waals surface area contributed by atoms with Crippen LogP contribution in [0.2, 0.25) is 0 Å². The van der Waals surface area contributed by atoms with Gasteiger partial charge in [0.05, 0.1) is 21.3 Å². The van der Waals surface area contributed by atoms with Crippen molar-refractivity contribution < 1.29 is 14.2 Å². The van der Waals surface area contributed by atoms with Crippen molar-refractivity contribution in [1.82, 2.24) is 10.2 Å². The van der Waals surface area contributed by atoms with E-state index < -0.39 is 0 Å². The van der Waals surface area contributed by atoms with E-state index in [0.29, 0.717) is 0 Å². The highest BCUT2D eigenvalue weighted by atomic mass is 32.1. The Labute approximate surface area is 156 Å². The summed E-state index contributed by atoms with van der Waals surface area (Å²) in [6.07, 6.45) is 1.67. The van der Waals surface area contributed by atoms with Crippen LogP contribution in [0, 0.1) is 0 Å². The monoisotopic (exact) mass is 371 g/mol. The smallest absolute Gasteiger partial charge is 0.210 e. The summed E-state index contributed by atoms with van der Waals surface area (Å²) in [5.41, 5.74) is 2.09. The predicted molar refractivity (Wildman–Crippen MR) is 103 cm³/mol. The maximum absolute atomic E-state index is 5.35. The second kappa shape index (κ2) is 8.53. The topological polar surface area (TPSA) is 65.5 Å². The van der Waals surface area contributed by atoms with Gasteiger partial charge in [0, 0.05) is 18.2 Å². The quantitative estimate of drug-likeness (QED) is 0.643. The molecule has 1 heterocycles. The fourth-order valence-corrected chi connectivity index (χ4v) is 3.28. The number of benzene rings is 2. The molecule has 0 aliphatic heterocycles. The molecule has 6 nitrogen and oxygen atoms in total. The van der Waals surface area contributed by atoms with Crippen LogP contribution >= 0.6 is 11.3 Å². The van der Waals surface area contributed by atoms with Crippen LogP contribution in [0.5, 0.6) is 17.2 Å². The summed E-state index contributed by atoms with van der Waals surface area (Å²) in [6.45, 7) is 0. The number of methoxy groups -OCH3 is 3. The zero-order valence-corrected chi connectivity index (χ0v) is 15.8. The lowest BCUT2D eigenvalue weighted by atomic mass is 10.1. The largest absolute Gasteiger partial charge is 0.497 e. The Kier molecular flexibility index (Phi) is 5.91. The number of nitrogens with one attached hydrogen (secondary N) is 1. The normalized spacial score (nSPS) is 10.4. The van der Waals surface area contributed by atoms with Crippen molar-refractivity contribution in [3.05, 3.63) is 53.0 Å². The molecule has 26 heavy (non-hydrogen) atoms. The summed E-state index contributed by atoms with van der Waals surface area (Å²) in [6, 6.07) is 13.7. The molecule has 0 unspecified atom stereocenters. The van der Waals surface area contributed by atoms with Gasteiger partial charge in [0.25, 0.3) is 0 Å². The molecule has 3 aromatic rings. The highest BCUT2D eigenvalue weighted by Gasteiger charge is 2.08. The Morgan fingerprint density at radius 1 is 0.885 bits per heavy atom. The molecule has 0 aliphatic rings. The van der Waals surface area contributed by atoms with Gasteiger partial charge in [0.1, 0.15) is 10.8 Å². The van der Waals surface area contributed by atoms with E-state index in [4.69, 9.17) is 14.2 Å². The lowest BCUT2D eigenvalue weighted by Gasteiger charge is -2.09.